The molecule has 96 valence electrons. The van der Waals surface area contributed by atoms with Crippen LogP contribution < -0.4 is 5.73 Å². The molecule has 7 heteroatoms. The molecule has 0 aromatic carbocycles. The van der Waals surface area contributed by atoms with E-state index in [4.69, 9.17) is 10.8 Å². The number of nitrogens with zero attached hydrogens (tertiary/aromatic N) is 2. The monoisotopic (exact) mass is 259 g/mol. The first-order chi connectivity index (χ1) is 8.04. The summed E-state index contributed by atoms with van der Waals surface area (Å²) in [6.07, 6.45) is 3.08. The van der Waals surface area contributed by atoms with Crippen LogP contribution in [-0.2, 0) is 10.0 Å². The molecule has 0 atom stereocenters. The largest absolute Gasteiger partial charge is 0.398 e. The van der Waals surface area contributed by atoms with Gasteiger partial charge in [0.25, 0.3) is 0 Å². The number of nitrogens with two attached hydrogens (primary N) is 1. The van der Waals surface area contributed by atoms with Crippen molar-refractivity contribution in [3.63, 3.8) is 0 Å². The minimum Gasteiger partial charge on any atom is -0.398 e. The molecule has 0 aliphatic heterocycles. The first-order valence-electron chi connectivity index (χ1n) is 5.34. The Labute approximate surface area is 101 Å². The number of sulfonamides is 1. The Morgan fingerprint density at radius 3 is 2.76 bits per heavy atom. The van der Waals surface area contributed by atoms with Crippen LogP contribution in [0.15, 0.2) is 23.4 Å². The number of rotatable bonds is 6. The van der Waals surface area contributed by atoms with Crippen LogP contribution in [0.1, 0.15) is 13.3 Å². The molecule has 1 heterocycles. The Kier molecular flexibility index (Phi) is 4.86. The summed E-state index contributed by atoms with van der Waals surface area (Å²) < 4.78 is 25.7. The highest BCUT2D eigenvalue weighted by Crippen LogP contribution is 2.20. The van der Waals surface area contributed by atoms with Crippen molar-refractivity contribution < 1.29 is 13.5 Å². The second-order valence-corrected chi connectivity index (χ2v) is 5.39. The van der Waals surface area contributed by atoms with Gasteiger partial charge in [0.2, 0.25) is 10.0 Å². The first-order valence-corrected chi connectivity index (χ1v) is 6.78. The Hall–Kier alpha value is -1.18. The zero-order valence-corrected chi connectivity index (χ0v) is 10.5. The fraction of sp³-hybridized carbons (Fsp3) is 0.500. The van der Waals surface area contributed by atoms with Crippen molar-refractivity contribution in [1.29, 1.82) is 0 Å². The van der Waals surface area contributed by atoms with Gasteiger partial charge in [0.15, 0.2) is 0 Å². The Bertz CT molecular complexity index is 462. The van der Waals surface area contributed by atoms with E-state index in [1.54, 1.807) is 6.92 Å². The second kappa shape index (κ2) is 5.95. The summed E-state index contributed by atoms with van der Waals surface area (Å²) in [6, 6.07) is 1.45. The van der Waals surface area contributed by atoms with Gasteiger partial charge >= 0.3 is 0 Å². The Morgan fingerprint density at radius 2 is 2.24 bits per heavy atom. The lowest BCUT2D eigenvalue weighted by atomic mass is 10.4. The van der Waals surface area contributed by atoms with E-state index in [1.807, 2.05) is 0 Å². The van der Waals surface area contributed by atoms with Gasteiger partial charge in [-0.1, -0.05) is 6.92 Å². The van der Waals surface area contributed by atoms with Crippen molar-refractivity contribution >= 4 is 15.7 Å². The van der Waals surface area contributed by atoms with Crippen molar-refractivity contribution in [1.82, 2.24) is 9.29 Å². The first kappa shape index (κ1) is 13.9. The molecule has 6 nitrogen and oxygen atoms in total. The van der Waals surface area contributed by atoms with Crippen molar-refractivity contribution in [2.75, 3.05) is 25.4 Å². The second-order valence-electron chi connectivity index (χ2n) is 3.49. The summed E-state index contributed by atoms with van der Waals surface area (Å²) in [5, 5.41) is 8.74. The van der Waals surface area contributed by atoms with Gasteiger partial charge < -0.3 is 10.8 Å². The van der Waals surface area contributed by atoms with Crippen LogP contribution in [0.2, 0.25) is 0 Å². The number of pyridine rings is 1. The third-order valence-corrected chi connectivity index (χ3v) is 4.37. The molecule has 0 bridgehead atoms. The van der Waals surface area contributed by atoms with Gasteiger partial charge in [0, 0.05) is 32.1 Å². The lowest BCUT2D eigenvalue weighted by molar-refractivity contribution is 0.271. The van der Waals surface area contributed by atoms with Crippen molar-refractivity contribution in [2.24, 2.45) is 0 Å². The zero-order valence-electron chi connectivity index (χ0n) is 9.70. The number of hydrogen-bond donors (Lipinski definition) is 2. The highest BCUT2D eigenvalue weighted by atomic mass is 32.2. The molecule has 0 spiro atoms. The number of aliphatic hydroxyl groups is 1. The number of aliphatic hydroxyl groups excluding tert-OH is 1. The van der Waals surface area contributed by atoms with Gasteiger partial charge in [-0.3, -0.25) is 4.98 Å². The zero-order chi connectivity index (χ0) is 12.9. The molecule has 0 amide bonds. The minimum absolute atomic E-state index is 0.0137. The Morgan fingerprint density at radius 1 is 1.53 bits per heavy atom. The highest BCUT2D eigenvalue weighted by Gasteiger charge is 2.24. The predicted octanol–water partition coefficient (Wildman–Crippen LogP) is 0.0568. The molecule has 0 fully saturated rings. The number of hydrogen-bond acceptors (Lipinski definition) is 5. The van der Waals surface area contributed by atoms with Gasteiger partial charge in [-0.2, -0.15) is 4.31 Å². The van der Waals surface area contributed by atoms with Crippen molar-refractivity contribution in [3.8, 4) is 0 Å². The summed E-state index contributed by atoms with van der Waals surface area (Å²) in [5.74, 6) is 0. The van der Waals surface area contributed by atoms with Crippen molar-refractivity contribution in [3.05, 3.63) is 18.5 Å². The number of nitrogen functional groups attached to an aromatic ring is 1. The maximum absolute atomic E-state index is 12.2. The van der Waals surface area contributed by atoms with E-state index < -0.39 is 10.0 Å². The van der Waals surface area contributed by atoms with Gasteiger partial charge in [-0.25, -0.2) is 8.42 Å². The van der Waals surface area contributed by atoms with Crippen LogP contribution in [0.4, 0.5) is 5.69 Å². The lowest BCUT2D eigenvalue weighted by Crippen LogP contribution is -2.32. The van der Waals surface area contributed by atoms with E-state index in [0.717, 1.165) is 0 Å². The van der Waals surface area contributed by atoms with E-state index in [9.17, 15) is 8.42 Å². The fourth-order valence-corrected chi connectivity index (χ4v) is 2.99. The van der Waals surface area contributed by atoms with Crippen LogP contribution in [0, 0.1) is 0 Å². The number of anilines is 1. The van der Waals surface area contributed by atoms with Crippen LogP contribution >= 0.6 is 0 Å². The summed E-state index contributed by atoms with van der Waals surface area (Å²) >= 11 is 0. The maximum atomic E-state index is 12.2. The summed E-state index contributed by atoms with van der Waals surface area (Å²) in [4.78, 5) is 3.79. The molecular weight excluding hydrogens is 242 g/mol. The summed E-state index contributed by atoms with van der Waals surface area (Å²) in [5.41, 5.74) is 5.82. The molecule has 17 heavy (non-hydrogen) atoms. The van der Waals surface area contributed by atoms with E-state index in [0.29, 0.717) is 13.0 Å². The molecule has 0 unspecified atom stereocenters. The number of aromatic nitrogens is 1. The molecular formula is C10H17N3O3S. The molecule has 0 saturated carbocycles. The molecule has 1 rings (SSSR count). The molecule has 1 aromatic heterocycles. The molecule has 0 saturated heterocycles. The molecule has 1 aromatic rings. The van der Waals surface area contributed by atoms with Gasteiger partial charge in [-0.15, -0.1) is 0 Å². The molecule has 0 aliphatic rings. The molecule has 0 radical (unpaired) electrons. The van der Waals surface area contributed by atoms with Crippen LogP contribution in [-0.4, -0.2) is 42.5 Å². The SMILES string of the molecule is CCN(CCCO)S(=O)(=O)c1cnccc1N. The van der Waals surface area contributed by atoms with Crippen LogP contribution in [0.5, 0.6) is 0 Å². The predicted molar refractivity (Wildman–Crippen MR) is 64.8 cm³/mol. The average molecular weight is 259 g/mol. The van der Waals surface area contributed by atoms with Crippen LogP contribution in [0.25, 0.3) is 0 Å². The highest BCUT2D eigenvalue weighted by molar-refractivity contribution is 7.89. The third-order valence-electron chi connectivity index (χ3n) is 2.35. The van der Waals surface area contributed by atoms with Gasteiger partial charge in [0.1, 0.15) is 4.90 Å². The smallest absolute Gasteiger partial charge is 0.246 e. The van der Waals surface area contributed by atoms with E-state index in [-0.39, 0.29) is 23.7 Å². The third kappa shape index (κ3) is 3.15. The minimum atomic E-state index is -3.62. The standard InChI is InChI=1S/C10H17N3O3S/c1-2-13(6-3-7-14)17(15,16)10-8-12-5-4-9(10)11/h4-5,8,14H,2-3,6-7H2,1H3,(H2,11,12). The van der Waals surface area contributed by atoms with Gasteiger partial charge in [-0.05, 0) is 12.5 Å². The molecule has 3 N–H and O–H groups in total. The normalized spacial score (nSPS) is 11.9. The average Bonchev–Trinajstić information content (AvgIpc) is 2.30. The lowest BCUT2D eigenvalue weighted by Gasteiger charge is -2.20. The Balaban J connectivity index is 3.05. The summed E-state index contributed by atoms with van der Waals surface area (Å²) in [6.45, 7) is 2.29. The molecule has 0 aliphatic carbocycles. The maximum Gasteiger partial charge on any atom is 0.246 e. The van der Waals surface area contributed by atoms with Crippen molar-refractivity contribution in [2.45, 2.75) is 18.2 Å². The quantitative estimate of drug-likeness (QED) is 0.753. The van der Waals surface area contributed by atoms with E-state index >= 15 is 0 Å². The van der Waals surface area contributed by atoms with Gasteiger partial charge in [0.05, 0.1) is 5.69 Å². The summed E-state index contributed by atoms with van der Waals surface area (Å²) in [7, 11) is -3.62. The van der Waals surface area contributed by atoms with E-state index in [2.05, 4.69) is 4.98 Å². The fourth-order valence-electron chi connectivity index (χ4n) is 1.44. The van der Waals surface area contributed by atoms with E-state index in [1.165, 1.54) is 22.8 Å². The van der Waals surface area contributed by atoms with Crippen LogP contribution in [0.3, 0.4) is 0 Å². The topological polar surface area (TPSA) is 96.5 Å².